The molecule has 3 rings (SSSR count). The van der Waals surface area contributed by atoms with Crippen LogP contribution in [0.2, 0.25) is 0 Å². The number of anilines is 1. The summed E-state index contributed by atoms with van der Waals surface area (Å²) in [7, 11) is 5.33. The van der Waals surface area contributed by atoms with Gasteiger partial charge in [-0.05, 0) is 43.9 Å². The minimum atomic E-state index is -0.179. The Morgan fingerprint density at radius 3 is 2.50 bits per heavy atom. The molecule has 0 amide bonds. The molecule has 0 aliphatic heterocycles. The molecule has 0 saturated heterocycles. The van der Waals surface area contributed by atoms with Crippen LogP contribution in [-0.4, -0.2) is 49.0 Å². The first-order chi connectivity index (χ1) is 12.5. The number of methoxy groups -OCH3 is 2. The van der Waals surface area contributed by atoms with Crippen molar-refractivity contribution >= 4 is 5.82 Å². The van der Waals surface area contributed by atoms with Gasteiger partial charge in [0.05, 0.1) is 20.3 Å². The molecule has 0 unspecified atom stereocenters. The molecule has 6 heteroatoms. The number of ether oxygens (including phenoxy) is 2. The van der Waals surface area contributed by atoms with Crippen molar-refractivity contribution in [1.82, 2.24) is 9.97 Å². The van der Waals surface area contributed by atoms with Gasteiger partial charge in [-0.3, -0.25) is 0 Å². The Balaban J connectivity index is 1.67. The van der Waals surface area contributed by atoms with Crippen molar-refractivity contribution in [3.63, 3.8) is 0 Å². The van der Waals surface area contributed by atoms with Crippen molar-refractivity contribution in [2.24, 2.45) is 0 Å². The zero-order chi connectivity index (χ0) is 18.7. The molecule has 0 atom stereocenters. The molecular weight excluding hydrogens is 330 g/mol. The summed E-state index contributed by atoms with van der Waals surface area (Å²) >= 11 is 0. The maximum atomic E-state index is 9.54. The number of hydrogen-bond donors (Lipinski definition) is 1. The molecule has 140 valence electrons. The van der Waals surface area contributed by atoms with Gasteiger partial charge >= 0.3 is 0 Å². The van der Waals surface area contributed by atoms with Crippen LogP contribution in [0.5, 0.6) is 11.5 Å². The van der Waals surface area contributed by atoms with Crippen LogP contribution in [0.4, 0.5) is 5.82 Å². The summed E-state index contributed by atoms with van der Waals surface area (Å²) < 4.78 is 10.7. The van der Waals surface area contributed by atoms with Gasteiger partial charge in [0, 0.05) is 31.3 Å². The number of likely N-dealkylation sites (N-methyl/N-ethyl adjacent to an activating group) is 1. The van der Waals surface area contributed by atoms with Gasteiger partial charge < -0.3 is 19.5 Å². The van der Waals surface area contributed by atoms with Gasteiger partial charge in [0.15, 0.2) is 11.5 Å². The van der Waals surface area contributed by atoms with Gasteiger partial charge in [-0.1, -0.05) is 6.07 Å². The van der Waals surface area contributed by atoms with Gasteiger partial charge in [0.1, 0.15) is 11.6 Å². The second-order valence-electron chi connectivity index (χ2n) is 6.88. The Hall–Kier alpha value is -2.34. The van der Waals surface area contributed by atoms with E-state index in [0.717, 1.165) is 54.6 Å². The lowest BCUT2D eigenvalue weighted by Crippen LogP contribution is -2.28. The van der Waals surface area contributed by atoms with Crippen LogP contribution < -0.4 is 14.4 Å². The predicted molar refractivity (Wildman–Crippen MR) is 101 cm³/mol. The molecule has 1 aromatic heterocycles. The van der Waals surface area contributed by atoms with Crippen LogP contribution in [0.3, 0.4) is 0 Å². The highest BCUT2D eigenvalue weighted by molar-refractivity contribution is 5.44. The monoisotopic (exact) mass is 357 g/mol. The Morgan fingerprint density at radius 1 is 1.12 bits per heavy atom. The molecule has 26 heavy (non-hydrogen) atoms. The van der Waals surface area contributed by atoms with Crippen LogP contribution in [0.15, 0.2) is 24.3 Å². The fraction of sp³-hybridized carbons (Fsp3) is 0.500. The molecule has 1 aliphatic rings. The first kappa shape index (κ1) is 18.5. The van der Waals surface area contributed by atoms with E-state index >= 15 is 0 Å². The van der Waals surface area contributed by atoms with Gasteiger partial charge in [0.25, 0.3) is 0 Å². The highest BCUT2D eigenvalue weighted by atomic mass is 16.5. The average molecular weight is 357 g/mol. The third-order valence-corrected chi connectivity index (χ3v) is 4.95. The van der Waals surface area contributed by atoms with Crippen molar-refractivity contribution in [1.29, 1.82) is 0 Å². The number of aryl methyl sites for hydroxylation is 1. The standard InChI is InChI=1S/C20H27N3O3/c1-13-21-17(15-10-16(24)11-15)12-20(22-13)23(2)8-7-14-5-6-18(25-3)19(9-14)26-4/h5-6,9,12,15-16,24H,7-8,10-11H2,1-4H3. The summed E-state index contributed by atoms with van der Waals surface area (Å²) in [6.45, 7) is 2.75. The fourth-order valence-corrected chi connectivity index (χ4v) is 3.26. The largest absolute Gasteiger partial charge is 0.493 e. The topological polar surface area (TPSA) is 67.7 Å². The minimum Gasteiger partial charge on any atom is -0.493 e. The summed E-state index contributed by atoms with van der Waals surface area (Å²) in [5.74, 6) is 3.54. The van der Waals surface area contributed by atoms with Gasteiger partial charge in [0.2, 0.25) is 0 Å². The molecule has 1 fully saturated rings. The molecule has 1 aliphatic carbocycles. The van der Waals surface area contributed by atoms with Crippen molar-refractivity contribution < 1.29 is 14.6 Å². The minimum absolute atomic E-state index is 0.179. The Labute approximate surface area is 154 Å². The summed E-state index contributed by atoms with van der Waals surface area (Å²) in [6.07, 6.45) is 2.29. The van der Waals surface area contributed by atoms with E-state index in [9.17, 15) is 5.11 Å². The molecule has 2 aromatic rings. The SMILES string of the molecule is COc1ccc(CCN(C)c2cc(C3CC(O)C3)nc(C)n2)cc1OC. The summed E-state index contributed by atoms with van der Waals surface area (Å²) in [6, 6.07) is 8.06. The number of rotatable bonds is 7. The zero-order valence-corrected chi connectivity index (χ0v) is 15.9. The van der Waals surface area contributed by atoms with Crippen molar-refractivity contribution in [3.05, 3.63) is 41.3 Å². The second-order valence-corrected chi connectivity index (χ2v) is 6.88. The van der Waals surface area contributed by atoms with Crippen molar-refractivity contribution in [3.8, 4) is 11.5 Å². The molecule has 0 bridgehead atoms. The van der Waals surface area contributed by atoms with Crippen LogP contribution in [0, 0.1) is 6.92 Å². The van der Waals surface area contributed by atoms with Crippen LogP contribution in [-0.2, 0) is 6.42 Å². The molecule has 1 aromatic carbocycles. The summed E-state index contributed by atoms with van der Waals surface area (Å²) in [5, 5.41) is 9.54. The predicted octanol–water partition coefficient (Wildman–Crippen LogP) is 2.72. The molecule has 1 saturated carbocycles. The van der Waals surface area contributed by atoms with Gasteiger partial charge in [-0.15, -0.1) is 0 Å². The van der Waals surface area contributed by atoms with Gasteiger partial charge in [-0.25, -0.2) is 9.97 Å². The normalized spacial score (nSPS) is 19.0. The number of aromatic nitrogens is 2. The maximum Gasteiger partial charge on any atom is 0.160 e. The molecule has 1 heterocycles. The van der Waals surface area contributed by atoms with Crippen LogP contribution >= 0.6 is 0 Å². The lowest BCUT2D eigenvalue weighted by molar-refractivity contribution is 0.0731. The van der Waals surface area contributed by atoms with E-state index < -0.39 is 0 Å². The zero-order valence-electron chi connectivity index (χ0n) is 15.9. The lowest BCUT2D eigenvalue weighted by atomic mass is 9.80. The summed E-state index contributed by atoms with van der Waals surface area (Å²) in [5.41, 5.74) is 2.22. The van der Waals surface area contributed by atoms with Crippen LogP contribution in [0.1, 0.15) is 35.8 Å². The first-order valence-electron chi connectivity index (χ1n) is 8.96. The highest BCUT2D eigenvalue weighted by Gasteiger charge is 2.30. The highest BCUT2D eigenvalue weighted by Crippen LogP contribution is 2.36. The van der Waals surface area contributed by atoms with Crippen molar-refractivity contribution in [2.45, 2.75) is 38.2 Å². The Bertz CT molecular complexity index is 760. The maximum absolute atomic E-state index is 9.54. The third kappa shape index (κ3) is 4.07. The smallest absolute Gasteiger partial charge is 0.160 e. The van der Waals surface area contributed by atoms with Crippen LogP contribution in [0.25, 0.3) is 0 Å². The van der Waals surface area contributed by atoms with E-state index in [1.807, 2.05) is 26.1 Å². The Kier molecular flexibility index (Phi) is 5.61. The Morgan fingerprint density at radius 2 is 1.85 bits per heavy atom. The van der Waals surface area contributed by atoms with E-state index in [0.29, 0.717) is 5.92 Å². The average Bonchev–Trinajstić information content (AvgIpc) is 2.62. The number of nitrogens with zero attached hydrogens (tertiary/aromatic N) is 3. The molecular formula is C20H27N3O3. The molecule has 6 nitrogen and oxygen atoms in total. The molecule has 0 spiro atoms. The molecule has 0 radical (unpaired) electrons. The number of benzene rings is 1. The molecule has 1 N–H and O–H groups in total. The number of aliphatic hydroxyl groups excluding tert-OH is 1. The first-order valence-corrected chi connectivity index (χ1v) is 8.96. The van der Waals surface area contributed by atoms with Crippen molar-refractivity contribution in [2.75, 3.05) is 32.7 Å². The number of aliphatic hydroxyl groups is 1. The number of hydrogen-bond acceptors (Lipinski definition) is 6. The quantitative estimate of drug-likeness (QED) is 0.822. The summed E-state index contributed by atoms with van der Waals surface area (Å²) in [4.78, 5) is 11.3. The lowest BCUT2D eigenvalue weighted by Gasteiger charge is -2.31. The van der Waals surface area contributed by atoms with Gasteiger partial charge in [-0.2, -0.15) is 0 Å². The second kappa shape index (κ2) is 7.91. The third-order valence-electron chi connectivity index (χ3n) is 4.95. The van der Waals surface area contributed by atoms with E-state index in [1.54, 1.807) is 14.2 Å². The fourth-order valence-electron chi connectivity index (χ4n) is 3.26. The van der Waals surface area contributed by atoms with E-state index in [1.165, 1.54) is 5.56 Å². The van der Waals surface area contributed by atoms with E-state index in [4.69, 9.17) is 9.47 Å². The van der Waals surface area contributed by atoms with E-state index in [2.05, 4.69) is 27.0 Å². The van der Waals surface area contributed by atoms with E-state index in [-0.39, 0.29) is 6.10 Å².